The first-order valence-electron chi connectivity index (χ1n) is 6.71. The van der Waals surface area contributed by atoms with Crippen LogP contribution in [0.3, 0.4) is 0 Å². The van der Waals surface area contributed by atoms with E-state index in [1.54, 1.807) is 7.11 Å². The molecule has 96 valence electrons. The van der Waals surface area contributed by atoms with Crippen LogP contribution in [0.4, 0.5) is 0 Å². The van der Waals surface area contributed by atoms with Crippen LogP contribution in [-0.4, -0.2) is 25.2 Å². The van der Waals surface area contributed by atoms with E-state index in [0.29, 0.717) is 5.92 Å². The van der Waals surface area contributed by atoms with Crippen LogP contribution in [0.1, 0.15) is 24.1 Å². The fraction of sp³-hybridized carbons (Fsp3) is 0.533. The van der Waals surface area contributed by atoms with Crippen molar-refractivity contribution < 1.29 is 4.74 Å². The molecule has 1 aromatic rings. The number of allylic oxidation sites excluding steroid dienone is 1. The van der Waals surface area contributed by atoms with E-state index in [0.717, 1.165) is 23.9 Å². The first-order chi connectivity index (χ1) is 8.79. The van der Waals surface area contributed by atoms with Crippen molar-refractivity contribution in [3.8, 4) is 5.75 Å². The molecule has 1 fully saturated rings. The van der Waals surface area contributed by atoms with Gasteiger partial charge in [0.25, 0.3) is 0 Å². The highest BCUT2D eigenvalue weighted by atomic mass is 16.5. The Labute approximate surface area is 108 Å². The van der Waals surface area contributed by atoms with Crippen molar-refractivity contribution in [3.63, 3.8) is 0 Å². The van der Waals surface area contributed by atoms with E-state index in [9.17, 15) is 0 Å². The summed E-state index contributed by atoms with van der Waals surface area (Å²) in [5.41, 5.74) is 3.65. The first-order valence-corrected chi connectivity index (χ1v) is 6.71. The van der Waals surface area contributed by atoms with Gasteiger partial charge in [0, 0.05) is 18.7 Å². The average molecular weight is 244 g/mol. The minimum Gasteiger partial charge on any atom is -0.495 e. The molecule has 0 aromatic carbocycles. The van der Waals surface area contributed by atoms with Gasteiger partial charge in [-0.3, -0.25) is 4.98 Å². The second-order valence-electron chi connectivity index (χ2n) is 5.27. The van der Waals surface area contributed by atoms with Crippen molar-refractivity contribution in [2.75, 3.05) is 20.2 Å². The molecular formula is C15H20N2O. The first kappa shape index (κ1) is 11.7. The van der Waals surface area contributed by atoms with Gasteiger partial charge in [-0.25, -0.2) is 0 Å². The number of methoxy groups -OCH3 is 1. The van der Waals surface area contributed by atoms with E-state index in [1.165, 1.54) is 30.5 Å². The van der Waals surface area contributed by atoms with Gasteiger partial charge >= 0.3 is 0 Å². The molecule has 0 amide bonds. The summed E-state index contributed by atoms with van der Waals surface area (Å²) in [4.78, 5) is 4.45. The monoisotopic (exact) mass is 244 g/mol. The van der Waals surface area contributed by atoms with E-state index in [4.69, 9.17) is 4.74 Å². The van der Waals surface area contributed by atoms with Crippen molar-refractivity contribution in [3.05, 3.63) is 29.6 Å². The topological polar surface area (TPSA) is 34.1 Å². The molecule has 3 rings (SSSR count). The largest absolute Gasteiger partial charge is 0.495 e. The van der Waals surface area contributed by atoms with Crippen LogP contribution < -0.4 is 10.1 Å². The summed E-state index contributed by atoms with van der Waals surface area (Å²) in [6.45, 7) is 4.25. The molecule has 1 N–H and O–H groups in total. The lowest BCUT2D eigenvalue weighted by atomic mass is 9.78. The van der Waals surface area contributed by atoms with Gasteiger partial charge in [-0.15, -0.1) is 0 Å². The van der Waals surface area contributed by atoms with Gasteiger partial charge < -0.3 is 10.1 Å². The lowest BCUT2D eigenvalue weighted by Crippen LogP contribution is -2.18. The van der Waals surface area contributed by atoms with Crippen molar-refractivity contribution in [2.45, 2.75) is 19.8 Å². The lowest BCUT2D eigenvalue weighted by Gasteiger charge is -2.26. The minimum absolute atomic E-state index is 0.660. The molecule has 0 bridgehead atoms. The fourth-order valence-corrected chi connectivity index (χ4v) is 3.21. The van der Waals surface area contributed by atoms with Crippen molar-refractivity contribution >= 4 is 5.57 Å². The SMILES string of the molecule is COc1cc(C2=CCCC3CNCC23)cnc1C. The zero-order chi connectivity index (χ0) is 12.5. The van der Waals surface area contributed by atoms with E-state index in [2.05, 4.69) is 22.4 Å². The summed E-state index contributed by atoms with van der Waals surface area (Å²) in [5, 5.41) is 3.51. The van der Waals surface area contributed by atoms with Gasteiger partial charge in [-0.05, 0) is 49.4 Å². The molecule has 0 saturated carbocycles. The smallest absolute Gasteiger partial charge is 0.140 e. The maximum absolute atomic E-state index is 5.38. The molecule has 1 aliphatic heterocycles. The van der Waals surface area contributed by atoms with E-state index >= 15 is 0 Å². The Morgan fingerprint density at radius 3 is 3.11 bits per heavy atom. The fourth-order valence-electron chi connectivity index (χ4n) is 3.21. The number of nitrogens with zero attached hydrogens (tertiary/aromatic N) is 1. The van der Waals surface area contributed by atoms with E-state index < -0.39 is 0 Å². The molecule has 2 unspecified atom stereocenters. The van der Waals surface area contributed by atoms with Crippen LogP contribution in [-0.2, 0) is 0 Å². The summed E-state index contributed by atoms with van der Waals surface area (Å²) in [6.07, 6.45) is 6.89. The maximum Gasteiger partial charge on any atom is 0.140 e. The average Bonchev–Trinajstić information content (AvgIpc) is 2.87. The Morgan fingerprint density at radius 1 is 1.39 bits per heavy atom. The van der Waals surface area contributed by atoms with Crippen LogP contribution in [0, 0.1) is 18.8 Å². The predicted octanol–water partition coefficient (Wildman–Crippen LogP) is 2.41. The van der Waals surface area contributed by atoms with Gasteiger partial charge in [0.2, 0.25) is 0 Å². The highest BCUT2D eigenvalue weighted by Crippen LogP contribution is 2.39. The van der Waals surface area contributed by atoms with Gasteiger partial charge in [-0.2, -0.15) is 0 Å². The van der Waals surface area contributed by atoms with Gasteiger partial charge in [0.05, 0.1) is 12.8 Å². The predicted molar refractivity (Wildman–Crippen MR) is 72.6 cm³/mol. The number of hydrogen-bond donors (Lipinski definition) is 1. The molecule has 2 atom stereocenters. The highest BCUT2D eigenvalue weighted by molar-refractivity contribution is 5.69. The third kappa shape index (κ3) is 1.93. The van der Waals surface area contributed by atoms with Crippen molar-refractivity contribution in [1.29, 1.82) is 0 Å². The number of ether oxygens (including phenoxy) is 1. The second kappa shape index (κ2) is 4.73. The molecule has 18 heavy (non-hydrogen) atoms. The van der Waals surface area contributed by atoms with Crippen LogP contribution in [0.15, 0.2) is 18.3 Å². The van der Waals surface area contributed by atoms with Crippen LogP contribution in [0.2, 0.25) is 0 Å². The number of hydrogen-bond acceptors (Lipinski definition) is 3. The summed E-state index contributed by atoms with van der Waals surface area (Å²) in [7, 11) is 1.71. The lowest BCUT2D eigenvalue weighted by molar-refractivity contribution is 0.408. The zero-order valence-electron chi connectivity index (χ0n) is 11.1. The Bertz CT molecular complexity index is 481. The van der Waals surface area contributed by atoms with Crippen molar-refractivity contribution in [2.24, 2.45) is 11.8 Å². The summed E-state index contributed by atoms with van der Waals surface area (Å²) in [5.74, 6) is 2.35. The van der Waals surface area contributed by atoms with Crippen LogP contribution in [0.25, 0.3) is 5.57 Å². The zero-order valence-corrected chi connectivity index (χ0v) is 11.1. The van der Waals surface area contributed by atoms with Crippen molar-refractivity contribution in [1.82, 2.24) is 10.3 Å². The molecule has 3 heteroatoms. The van der Waals surface area contributed by atoms with E-state index in [-0.39, 0.29) is 0 Å². The second-order valence-corrected chi connectivity index (χ2v) is 5.27. The Hall–Kier alpha value is -1.35. The quantitative estimate of drug-likeness (QED) is 0.867. The molecule has 3 nitrogen and oxygen atoms in total. The van der Waals surface area contributed by atoms with Gasteiger partial charge in [-0.1, -0.05) is 6.08 Å². The number of fused-ring (bicyclic) bond motifs is 1. The normalized spacial score (nSPS) is 26.7. The number of aromatic nitrogens is 1. The molecule has 0 radical (unpaired) electrons. The molecule has 1 saturated heterocycles. The summed E-state index contributed by atoms with van der Waals surface area (Å²) < 4.78 is 5.38. The third-order valence-corrected chi connectivity index (χ3v) is 4.23. The third-order valence-electron chi connectivity index (χ3n) is 4.23. The Kier molecular flexibility index (Phi) is 3.08. The molecule has 2 heterocycles. The maximum atomic E-state index is 5.38. The molecule has 1 aromatic heterocycles. The highest BCUT2D eigenvalue weighted by Gasteiger charge is 2.32. The number of pyridine rings is 1. The molecule has 2 aliphatic rings. The van der Waals surface area contributed by atoms with E-state index in [1.807, 2.05) is 13.1 Å². The standard InChI is InChI=1S/C15H20N2O/c1-10-15(18-2)6-12(8-17-10)13-5-3-4-11-7-16-9-14(11)13/h5-6,8,11,14,16H,3-4,7,9H2,1-2H3. The molecule has 0 spiro atoms. The number of nitrogens with one attached hydrogen (secondary N) is 1. The Morgan fingerprint density at radius 2 is 2.28 bits per heavy atom. The summed E-state index contributed by atoms with van der Waals surface area (Å²) in [6, 6.07) is 2.13. The van der Waals surface area contributed by atoms with Gasteiger partial charge in [0.1, 0.15) is 5.75 Å². The Balaban J connectivity index is 1.96. The van der Waals surface area contributed by atoms with Gasteiger partial charge in [0.15, 0.2) is 0 Å². The molecule has 1 aliphatic carbocycles. The number of rotatable bonds is 2. The minimum atomic E-state index is 0.660. The molecular weight excluding hydrogens is 224 g/mol. The van der Waals surface area contributed by atoms with Crippen LogP contribution in [0.5, 0.6) is 5.75 Å². The summed E-state index contributed by atoms with van der Waals surface area (Å²) >= 11 is 0. The van der Waals surface area contributed by atoms with Crippen LogP contribution >= 0.6 is 0 Å². The number of aryl methyl sites for hydroxylation is 1.